The molecule has 0 spiro atoms. The monoisotopic (exact) mass is 357 g/mol. The zero-order valence-corrected chi connectivity index (χ0v) is 14.6. The third kappa shape index (κ3) is 4.85. The number of anilines is 1. The van der Waals surface area contributed by atoms with E-state index in [0.717, 1.165) is 32.1 Å². The van der Waals surface area contributed by atoms with Crippen LogP contribution in [0.1, 0.15) is 39.0 Å². The highest BCUT2D eigenvalue weighted by Crippen LogP contribution is 2.32. The van der Waals surface area contributed by atoms with Crippen LogP contribution in [0.25, 0.3) is 0 Å². The summed E-state index contributed by atoms with van der Waals surface area (Å²) in [7, 11) is 0. The van der Waals surface area contributed by atoms with Crippen LogP contribution in [0.2, 0.25) is 10.0 Å². The molecule has 1 atom stereocenters. The molecule has 1 saturated carbocycles. The van der Waals surface area contributed by atoms with Gasteiger partial charge in [0, 0.05) is 5.69 Å². The van der Waals surface area contributed by atoms with Gasteiger partial charge in [0.2, 0.25) is 5.91 Å². The Hall–Kier alpha value is -1.26. The summed E-state index contributed by atoms with van der Waals surface area (Å²) in [5.41, 5.74) is 0.523. The molecular formula is C17H21Cl2NO3. The fourth-order valence-electron chi connectivity index (χ4n) is 3.01. The first kappa shape index (κ1) is 18.1. The van der Waals surface area contributed by atoms with Crippen molar-refractivity contribution in [2.24, 2.45) is 11.8 Å². The van der Waals surface area contributed by atoms with Crippen molar-refractivity contribution >= 4 is 40.8 Å². The van der Waals surface area contributed by atoms with Gasteiger partial charge in [0.25, 0.3) is 0 Å². The van der Waals surface area contributed by atoms with E-state index in [2.05, 4.69) is 5.32 Å². The number of hydrogen-bond donors (Lipinski definition) is 1. The minimum absolute atomic E-state index is 0.0329. The van der Waals surface area contributed by atoms with Gasteiger partial charge in [0.05, 0.1) is 16.7 Å². The molecule has 1 fully saturated rings. The van der Waals surface area contributed by atoms with Crippen LogP contribution in [-0.4, -0.2) is 18.5 Å². The number of rotatable bonds is 5. The Kier molecular flexibility index (Phi) is 6.72. The first-order valence-corrected chi connectivity index (χ1v) is 8.71. The van der Waals surface area contributed by atoms with Crippen molar-refractivity contribution in [1.29, 1.82) is 0 Å². The predicted octanol–water partition coefficient (Wildman–Crippen LogP) is 4.69. The van der Waals surface area contributed by atoms with Crippen LogP contribution in [0.4, 0.5) is 5.69 Å². The normalized spacial score (nSPS) is 16.7. The highest BCUT2D eigenvalue weighted by Gasteiger charge is 2.36. The minimum atomic E-state index is -0.773. The van der Waals surface area contributed by atoms with Crippen LogP contribution in [0.3, 0.4) is 0 Å². The van der Waals surface area contributed by atoms with Gasteiger partial charge < -0.3 is 10.1 Å². The number of amides is 1. The molecule has 23 heavy (non-hydrogen) atoms. The minimum Gasteiger partial charge on any atom is -0.465 e. The Labute approximate surface area is 146 Å². The molecule has 1 aromatic rings. The first-order valence-electron chi connectivity index (χ1n) is 7.95. The van der Waals surface area contributed by atoms with E-state index >= 15 is 0 Å². The standard InChI is InChI=1S/C17H21Cl2NO3/c1-2-23-17(22)15(11-6-4-3-5-7-11)16(21)20-12-8-9-13(18)14(19)10-12/h8-11,15H,2-7H2,1H3,(H,20,21)/t15-/m0/s1. The van der Waals surface area contributed by atoms with E-state index < -0.39 is 11.9 Å². The van der Waals surface area contributed by atoms with E-state index in [4.69, 9.17) is 27.9 Å². The Bertz CT molecular complexity index is 571. The molecular weight excluding hydrogens is 337 g/mol. The summed E-state index contributed by atoms with van der Waals surface area (Å²) < 4.78 is 5.11. The number of nitrogens with one attached hydrogen (secondary N) is 1. The molecule has 1 amide bonds. The summed E-state index contributed by atoms with van der Waals surface area (Å²) in [5, 5.41) is 3.54. The van der Waals surface area contributed by atoms with Crippen molar-refractivity contribution in [2.45, 2.75) is 39.0 Å². The third-order valence-electron chi connectivity index (χ3n) is 4.13. The molecule has 1 aliphatic rings. The topological polar surface area (TPSA) is 55.4 Å². The van der Waals surface area contributed by atoms with Crippen molar-refractivity contribution in [3.05, 3.63) is 28.2 Å². The van der Waals surface area contributed by atoms with E-state index in [1.807, 2.05) is 0 Å². The predicted molar refractivity (Wildman–Crippen MR) is 91.8 cm³/mol. The maximum Gasteiger partial charge on any atom is 0.318 e. The zero-order valence-electron chi connectivity index (χ0n) is 13.1. The number of esters is 1. The van der Waals surface area contributed by atoms with Crippen LogP contribution < -0.4 is 5.32 Å². The van der Waals surface area contributed by atoms with Gasteiger partial charge in [0.1, 0.15) is 5.92 Å². The molecule has 1 aliphatic carbocycles. The fourth-order valence-corrected chi connectivity index (χ4v) is 3.31. The highest BCUT2D eigenvalue weighted by molar-refractivity contribution is 6.42. The summed E-state index contributed by atoms with van der Waals surface area (Å²) >= 11 is 11.8. The number of hydrogen-bond acceptors (Lipinski definition) is 3. The molecule has 126 valence electrons. The summed E-state index contributed by atoms with van der Waals surface area (Å²) in [5.74, 6) is -1.53. The van der Waals surface area contributed by atoms with E-state index in [9.17, 15) is 9.59 Å². The van der Waals surface area contributed by atoms with E-state index in [-0.39, 0.29) is 18.4 Å². The molecule has 1 aromatic carbocycles. The van der Waals surface area contributed by atoms with Gasteiger partial charge in [-0.05, 0) is 43.9 Å². The summed E-state index contributed by atoms with van der Waals surface area (Å²) in [4.78, 5) is 24.9. The van der Waals surface area contributed by atoms with Crippen molar-refractivity contribution in [3.63, 3.8) is 0 Å². The van der Waals surface area contributed by atoms with Crippen molar-refractivity contribution < 1.29 is 14.3 Å². The lowest BCUT2D eigenvalue weighted by Gasteiger charge is -2.28. The maximum atomic E-state index is 12.6. The second-order valence-electron chi connectivity index (χ2n) is 5.75. The summed E-state index contributed by atoms with van der Waals surface area (Å²) in [6.45, 7) is 2.01. The molecule has 2 rings (SSSR count). The Morgan fingerprint density at radius 3 is 2.52 bits per heavy atom. The fraction of sp³-hybridized carbons (Fsp3) is 0.529. The number of carbonyl (C=O) groups is 2. The quantitative estimate of drug-likeness (QED) is 0.614. The molecule has 0 aromatic heterocycles. The molecule has 0 bridgehead atoms. The van der Waals surface area contributed by atoms with Crippen molar-refractivity contribution in [2.75, 3.05) is 11.9 Å². The van der Waals surface area contributed by atoms with E-state index in [1.54, 1.807) is 25.1 Å². The molecule has 1 N–H and O–H groups in total. The molecule has 0 saturated heterocycles. The van der Waals surface area contributed by atoms with Gasteiger partial charge in [-0.3, -0.25) is 9.59 Å². The van der Waals surface area contributed by atoms with Crippen LogP contribution in [0.5, 0.6) is 0 Å². The summed E-state index contributed by atoms with van der Waals surface area (Å²) in [6, 6.07) is 4.85. The SMILES string of the molecule is CCOC(=O)[C@H](C(=O)Nc1ccc(Cl)c(Cl)c1)C1CCCCC1. The zero-order chi connectivity index (χ0) is 16.8. The number of carbonyl (C=O) groups excluding carboxylic acids is 2. The molecule has 0 unspecified atom stereocenters. The van der Waals surface area contributed by atoms with Crippen molar-refractivity contribution in [3.8, 4) is 0 Å². The molecule has 0 radical (unpaired) electrons. The molecule has 6 heteroatoms. The number of ether oxygens (including phenoxy) is 1. The summed E-state index contributed by atoms with van der Waals surface area (Å²) in [6.07, 6.45) is 4.98. The Morgan fingerprint density at radius 2 is 1.91 bits per heavy atom. The van der Waals surface area contributed by atoms with E-state index in [1.165, 1.54) is 0 Å². The maximum absolute atomic E-state index is 12.6. The van der Waals surface area contributed by atoms with E-state index in [0.29, 0.717) is 15.7 Å². The third-order valence-corrected chi connectivity index (χ3v) is 4.87. The van der Waals surface area contributed by atoms with Crippen LogP contribution in [0.15, 0.2) is 18.2 Å². The number of benzene rings is 1. The van der Waals surface area contributed by atoms with Gasteiger partial charge in [-0.1, -0.05) is 42.5 Å². The average Bonchev–Trinajstić information content (AvgIpc) is 2.52. The second-order valence-corrected chi connectivity index (χ2v) is 6.56. The average molecular weight is 358 g/mol. The lowest BCUT2D eigenvalue weighted by Crippen LogP contribution is -2.37. The Morgan fingerprint density at radius 1 is 1.22 bits per heavy atom. The smallest absolute Gasteiger partial charge is 0.318 e. The van der Waals surface area contributed by atoms with Gasteiger partial charge in [-0.2, -0.15) is 0 Å². The number of halogens is 2. The van der Waals surface area contributed by atoms with Crippen molar-refractivity contribution in [1.82, 2.24) is 0 Å². The largest absolute Gasteiger partial charge is 0.465 e. The van der Waals surface area contributed by atoms with Crippen LogP contribution in [-0.2, 0) is 14.3 Å². The molecule has 0 aliphatic heterocycles. The first-order chi connectivity index (χ1) is 11.0. The molecule has 0 heterocycles. The lowest BCUT2D eigenvalue weighted by molar-refractivity contribution is -0.153. The Balaban J connectivity index is 2.14. The highest BCUT2D eigenvalue weighted by atomic mass is 35.5. The van der Waals surface area contributed by atoms with Gasteiger partial charge in [0.15, 0.2) is 0 Å². The van der Waals surface area contributed by atoms with Gasteiger partial charge in [-0.15, -0.1) is 0 Å². The van der Waals surface area contributed by atoms with Crippen LogP contribution in [0, 0.1) is 11.8 Å². The lowest BCUT2D eigenvalue weighted by atomic mass is 9.79. The van der Waals surface area contributed by atoms with Gasteiger partial charge >= 0.3 is 5.97 Å². The second kappa shape index (κ2) is 8.55. The molecule has 4 nitrogen and oxygen atoms in total. The van der Waals surface area contributed by atoms with Crippen LogP contribution >= 0.6 is 23.2 Å². The van der Waals surface area contributed by atoms with Gasteiger partial charge in [-0.25, -0.2) is 0 Å².